The first kappa shape index (κ1) is 27.5. The van der Waals surface area contributed by atoms with Crippen molar-refractivity contribution < 1.29 is 0 Å². The van der Waals surface area contributed by atoms with E-state index in [1.807, 2.05) is 26.0 Å². The van der Waals surface area contributed by atoms with E-state index in [2.05, 4.69) is 167 Å². The van der Waals surface area contributed by atoms with Crippen LogP contribution in [0.25, 0.3) is 77.2 Å². The van der Waals surface area contributed by atoms with Crippen molar-refractivity contribution in [3.63, 3.8) is 0 Å². The number of benzene rings is 6. The number of rotatable bonds is 4. The van der Waals surface area contributed by atoms with Crippen molar-refractivity contribution in [3.05, 3.63) is 170 Å². The monoisotopic (exact) mass is 588 g/mol. The van der Waals surface area contributed by atoms with Crippen LogP contribution in [0.2, 0.25) is 0 Å². The van der Waals surface area contributed by atoms with Crippen molar-refractivity contribution in [3.8, 4) is 33.6 Å². The average Bonchev–Trinajstić information content (AvgIpc) is 3.65. The van der Waals surface area contributed by atoms with Crippen molar-refractivity contribution in [1.29, 1.82) is 0 Å². The predicted molar refractivity (Wildman–Crippen MR) is 195 cm³/mol. The van der Waals surface area contributed by atoms with Crippen LogP contribution in [-0.4, -0.2) is 9.13 Å². The quantitative estimate of drug-likeness (QED) is 0.194. The summed E-state index contributed by atoms with van der Waals surface area (Å²) in [7, 11) is 0. The molecule has 0 atom stereocenters. The molecule has 2 aromatic heterocycles. The maximum atomic E-state index is 3.32. The molecule has 0 saturated carbocycles. The van der Waals surface area contributed by atoms with E-state index in [9.17, 15) is 0 Å². The van der Waals surface area contributed by atoms with Gasteiger partial charge in [0, 0.05) is 27.2 Å². The maximum absolute atomic E-state index is 3.32. The summed E-state index contributed by atoms with van der Waals surface area (Å²) in [6.07, 6.45) is 0. The van der Waals surface area contributed by atoms with Crippen molar-refractivity contribution in [2.75, 3.05) is 0 Å². The molecule has 0 unspecified atom stereocenters. The molecule has 9 aromatic rings. The summed E-state index contributed by atoms with van der Waals surface area (Å²) in [5, 5.41) is 4.97. The second kappa shape index (κ2) is 11.5. The van der Waals surface area contributed by atoms with Gasteiger partial charge in [0.1, 0.15) is 0 Å². The summed E-state index contributed by atoms with van der Waals surface area (Å²) in [4.78, 5) is 0. The van der Waals surface area contributed by atoms with E-state index in [-0.39, 0.29) is 0 Å². The summed E-state index contributed by atoms with van der Waals surface area (Å²) < 4.78 is 4.68. The number of fused-ring (bicyclic) bond motifs is 6. The molecule has 0 aliphatic heterocycles. The van der Waals surface area contributed by atoms with Crippen LogP contribution >= 0.6 is 0 Å². The molecule has 2 nitrogen and oxygen atoms in total. The van der Waals surface area contributed by atoms with Gasteiger partial charge in [-0.3, -0.25) is 0 Å². The SMILES string of the molecule is CC.c1cccc(-n2c3ccccc3c3ccc(-c4ccc5c(c4)c4ccccc4n5-c4ccc(-c5ccccc5)cc4)cc32)c#1. The minimum Gasteiger partial charge on any atom is -0.309 e. The molecule has 0 aliphatic rings. The molecule has 0 radical (unpaired) electrons. The van der Waals surface area contributed by atoms with Crippen LogP contribution < -0.4 is 0 Å². The number of hydrogen-bond donors (Lipinski definition) is 0. The number of nitrogens with zero attached hydrogens (tertiary/aromatic N) is 2. The third-order valence-corrected chi connectivity index (χ3v) is 8.79. The molecule has 218 valence electrons. The lowest BCUT2D eigenvalue weighted by Gasteiger charge is -2.10. The second-order valence-electron chi connectivity index (χ2n) is 11.3. The fourth-order valence-corrected chi connectivity index (χ4v) is 6.75. The molecule has 0 saturated heterocycles. The molecule has 0 spiro atoms. The van der Waals surface area contributed by atoms with Gasteiger partial charge in [-0.2, -0.15) is 0 Å². The van der Waals surface area contributed by atoms with Gasteiger partial charge in [-0.25, -0.2) is 0 Å². The van der Waals surface area contributed by atoms with Crippen LogP contribution in [0.4, 0.5) is 0 Å². The van der Waals surface area contributed by atoms with Gasteiger partial charge in [-0.15, -0.1) is 0 Å². The van der Waals surface area contributed by atoms with Gasteiger partial charge in [0.05, 0.1) is 27.8 Å². The highest BCUT2D eigenvalue weighted by atomic mass is 15.0. The summed E-state index contributed by atoms with van der Waals surface area (Å²) in [5.41, 5.74) is 11.7. The zero-order chi connectivity index (χ0) is 31.0. The van der Waals surface area contributed by atoms with E-state index in [1.54, 1.807) is 0 Å². The van der Waals surface area contributed by atoms with Gasteiger partial charge >= 0.3 is 0 Å². The van der Waals surface area contributed by atoms with E-state index in [0.717, 1.165) is 11.4 Å². The Morgan fingerprint density at radius 2 is 0.957 bits per heavy atom. The van der Waals surface area contributed by atoms with Crippen molar-refractivity contribution in [2.24, 2.45) is 0 Å². The van der Waals surface area contributed by atoms with E-state index in [0.29, 0.717) is 0 Å². The Balaban J connectivity index is 0.00000153. The third-order valence-electron chi connectivity index (χ3n) is 8.79. The minimum atomic E-state index is 0.993. The van der Waals surface area contributed by atoms with Crippen LogP contribution in [0.5, 0.6) is 0 Å². The van der Waals surface area contributed by atoms with Gasteiger partial charge < -0.3 is 9.13 Å². The Bertz CT molecular complexity index is 2460. The van der Waals surface area contributed by atoms with Crippen molar-refractivity contribution in [1.82, 2.24) is 9.13 Å². The van der Waals surface area contributed by atoms with E-state index in [4.69, 9.17) is 0 Å². The molecule has 0 amide bonds. The third kappa shape index (κ3) is 4.45. The first-order valence-corrected chi connectivity index (χ1v) is 15.9. The smallest absolute Gasteiger partial charge is 0.0973 e. The van der Waals surface area contributed by atoms with Crippen LogP contribution in [0.3, 0.4) is 0 Å². The Labute approximate surface area is 269 Å². The Morgan fingerprint density at radius 3 is 1.70 bits per heavy atom. The zero-order valence-corrected chi connectivity index (χ0v) is 25.9. The number of hydrogen-bond acceptors (Lipinski definition) is 0. The van der Waals surface area contributed by atoms with Gasteiger partial charge in [-0.1, -0.05) is 123 Å². The largest absolute Gasteiger partial charge is 0.309 e. The molecule has 2 heteroatoms. The lowest BCUT2D eigenvalue weighted by atomic mass is 10.0. The molecular weight excluding hydrogens is 556 g/mol. The standard InChI is InChI=1S/C42H26N2.C2H6/c1-3-11-29(12-4-1)30-19-23-34(24-20-30)43-40-18-10-8-16-36(40)38-27-31(22-26-41(38)43)32-21-25-37-35-15-7-9-17-39(35)44(42(37)28-32)33-13-5-2-6-14-33;1-2/h1-5,7-13,15-28H;1-2H3. The fourth-order valence-electron chi connectivity index (χ4n) is 6.75. The number of para-hydroxylation sites is 2. The van der Waals surface area contributed by atoms with Crippen LogP contribution in [0.1, 0.15) is 13.8 Å². The van der Waals surface area contributed by atoms with Crippen LogP contribution in [0, 0.1) is 12.1 Å². The Kier molecular flexibility index (Phi) is 6.86. The summed E-state index contributed by atoms with van der Waals surface area (Å²) in [6.45, 7) is 4.00. The van der Waals surface area contributed by atoms with Crippen molar-refractivity contribution >= 4 is 43.6 Å². The molecule has 0 N–H and O–H groups in total. The van der Waals surface area contributed by atoms with Gasteiger partial charge in [-0.05, 0) is 82.9 Å². The van der Waals surface area contributed by atoms with Gasteiger partial charge in [0.2, 0.25) is 0 Å². The topological polar surface area (TPSA) is 9.86 Å². The average molecular weight is 589 g/mol. The van der Waals surface area contributed by atoms with E-state index < -0.39 is 0 Å². The highest BCUT2D eigenvalue weighted by molar-refractivity contribution is 6.12. The molecule has 0 fully saturated rings. The minimum absolute atomic E-state index is 0.993. The second-order valence-corrected chi connectivity index (χ2v) is 11.3. The maximum Gasteiger partial charge on any atom is 0.0973 e. The first-order chi connectivity index (χ1) is 22.8. The summed E-state index contributed by atoms with van der Waals surface area (Å²) in [5.74, 6) is 0. The lowest BCUT2D eigenvalue weighted by molar-refractivity contribution is 1.18. The molecule has 2 heterocycles. The highest BCUT2D eigenvalue weighted by Gasteiger charge is 2.16. The van der Waals surface area contributed by atoms with E-state index >= 15 is 0 Å². The molecule has 7 aromatic carbocycles. The molecule has 0 aliphatic carbocycles. The van der Waals surface area contributed by atoms with E-state index in [1.165, 1.54) is 65.9 Å². The zero-order valence-electron chi connectivity index (χ0n) is 25.9. The molecular formula is C44H32N2. The summed E-state index contributed by atoms with van der Waals surface area (Å²) in [6, 6.07) is 63.0. The Morgan fingerprint density at radius 1 is 0.391 bits per heavy atom. The van der Waals surface area contributed by atoms with Gasteiger partial charge in [0.25, 0.3) is 0 Å². The van der Waals surface area contributed by atoms with Crippen LogP contribution in [-0.2, 0) is 0 Å². The normalized spacial score (nSPS) is 11.1. The molecule has 9 rings (SSSR count). The fraction of sp³-hybridized carbons (Fsp3) is 0.0455. The Hall–Kier alpha value is -6.04. The van der Waals surface area contributed by atoms with Gasteiger partial charge in [0.15, 0.2) is 0 Å². The first-order valence-electron chi connectivity index (χ1n) is 15.9. The molecule has 46 heavy (non-hydrogen) atoms. The lowest BCUT2D eigenvalue weighted by Crippen LogP contribution is -1.94. The summed E-state index contributed by atoms with van der Waals surface area (Å²) >= 11 is 0. The predicted octanol–water partition coefficient (Wildman–Crippen LogP) is 11.8. The van der Waals surface area contributed by atoms with Crippen molar-refractivity contribution in [2.45, 2.75) is 13.8 Å². The molecule has 0 bridgehead atoms. The van der Waals surface area contributed by atoms with Crippen LogP contribution in [0.15, 0.2) is 158 Å². The number of aromatic nitrogens is 2. The highest BCUT2D eigenvalue weighted by Crippen LogP contribution is 2.38.